The van der Waals surface area contributed by atoms with E-state index in [1.165, 1.54) is 17.9 Å². The number of nitriles is 1. The molecule has 1 N–H and O–H groups in total. The van der Waals surface area contributed by atoms with E-state index < -0.39 is 17.6 Å². The van der Waals surface area contributed by atoms with Crippen molar-refractivity contribution in [3.05, 3.63) is 53.2 Å². The minimum atomic E-state index is -1.55. The van der Waals surface area contributed by atoms with E-state index in [4.69, 9.17) is 16.3 Å². The van der Waals surface area contributed by atoms with E-state index >= 15 is 0 Å². The highest BCUT2D eigenvalue weighted by atomic mass is 35.5. The first-order valence-electron chi connectivity index (χ1n) is 7.95. The van der Waals surface area contributed by atoms with E-state index in [1.807, 2.05) is 0 Å². The van der Waals surface area contributed by atoms with Crippen LogP contribution in [0.4, 0.5) is 5.69 Å². The number of methoxy groups -OCH3 is 1. The molecule has 136 valence electrons. The van der Waals surface area contributed by atoms with Crippen molar-refractivity contribution in [2.45, 2.75) is 0 Å². The molecule has 1 amide bonds. The second-order valence-corrected chi connectivity index (χ2v) is 6.22. The summed E-state index contributed by atoms with van der Waals surface area (Å²) in [6, 6.07) is 13.4. The van der Waals surface area contributed by atoms with E-state index in [9.17, 15) is 14.9 Å². The van der Waals surface area contributed by atoms with Gasteiger partial charge in [-0.05, 0) is 36.4 Å². The molecular weight excluding hydrogens is 368 g/mol. The molecule has 7 nitrogen and oxygen atoms in total. The largest absolute Gasteiger partial charge is 0.497 e. The molecule has 0 aliphatic carbocycles. The Labute approximate surface area is 160 Å². The number of hydrogen-bond donors (Lipinski definition) is 1. The van der Waals surface area contributed by atoms with Crippen molar-refractivity contribution >= 4 is 39.9 Å². The minimum Gasteiger partial charge on any atom is -0.497 e. The van der Waals surface area contributed by atoms with Gasteiger partial charge in [-0.3, -0.25) is 14.3 Å². The lowest BCUT2D eigenvalue weighted by Gasteiger charge is -2.09. The predicted molar refractivity (Wildman–Crippen MR) is 101 cm³/mol. The molecular formula is C19H15ClN4O3. The summed E-state index contributed by atoms with van der Waals surface area (Å²) in [6.07, 6.45) is 0. The van der Waals surface area contributed by atoms with Crippen LogP contribution in [0, 0.1) is 17.2 Å². The Bertz CT molecular complexity index is 1080. The van der Waals surface area contributed by atoms with Crippen LogP contribution in [0.15, 0.2) is 42.5 Å². The zero-order valence-corrected chi connectivity index (χ0v) is 15.3. The Morgan fingerprint density at radius 1 is 1.30 bits per heavy atom. The number of ketones is 1. The number of fused-ring (bicyclic) bond motifs is 1. The van der Waals surface area contributed by atoms with Gasteiger partial charge in [0, 0.05) is 23.1 Å². The Morgan fingerprint density at radius 2 is 2.07 bits per heavy atom. The lowest BCUT2D eigenvalue weighted by atomic mass is 9.99. The van der Waals surface area contributed by atoms with E-state index in [1.54, 1.807) is 49.5 Å². The van der Waals surface area contributed by atoms with Crippen molar-refractivity contribution in [3.63, 3.8) is 0 Å². The molecule has 0 fully saturated rings. The Balaban J connectivity index is 1.94. The van der Waals surface area contributed by atoms with Gasteiger partial charge in [-0.2, -0.15) is 10.4 Å². The van der Waals surface area contributed by atoms with Crippen molar-refractivity contribution in [3.8, 4) is 11.8 Å². The molecule has 0 bridgehead atoms. The molecule has 0 radical (unpaired) electrons. The molecule has 27 heavy (non-hydrogen) atoms. The number of aromatic nitrogens is 2. The molecule has 3 rings (SSSR count). The lowest BCUT2D eigenvalue weighted by Crippen LogP contribution is -2.29. The summed E-state index contributed by atoms with van der Waals surface area (Å²) in [5, 5.41) is 17.1. The molecule has 1 atom stereocenters. The Morgan fingerprint density at radius 3 is 2.74 bits per heavy atom. The first-order chi connectivity index (χ1) is 12.9. The van der Waals surface area contributed by atoms with Crippen LogP contribution in [0.3, 0.4) is 0 Å². The summed E-state index contributed by atoms with van der Waals surface area (Å²) < 4.78 is 6.70. The van der Waals surface area contributed by atoms with Gasteiger partial charge in [-0.1, -0.05) is 17.7 Å². The van der Waals surface area contributed by atoms with E-state index in [2.05, 4.69) is 10.4 Å². The normalized spacial score (nSPS) is 11.6. The highest BCUT2D eigenvalue weighted by Crippen LogP contribution is 2.26. The second-order valence-electron chi connectivity index (χ2n) is 5.78. The zero-order chi connectivity index (χ0) is 19.6. The average Bonchev–Trinajstić information content (AvgIpc) is 2.98. The molecule has 0 saturated heterocycles. The number of aryl methyl sites for hydroxylation is 1. The molecule has 0 aliphatic heterocycles. The third-order valence-corrected chi connectivity index (χ3v) is 4.27. The summed E-state index contributed by atoms with van der Waals surface area (Å²) >= 11 is 5.89. The monoisotopic (exact) mass is 382 g/mol. The summed E-state index contributed by atoms with van der Waals surface area (Å²) in [5.41, 5.74) is 1.12. The van der Waals surface area contributed by atoms with Crippen LogP contribution in [0.2, 0.25) is 5.02 Å². The van der Waals surface area contributed by atoms with Gasteiger partial charge in [0.25, 0.3) is 0 Å². The molecule has 0 saturated carbocycles. The van der Waals surface area contributed by atoms with Crippen molar-refractivity contribution in [1.82, 2.24) is 9.78 Å². The predicted octanol–water partition coefficient (Wildman–Crippen LogP) is 3.20. The first-order valence-corrected chi connectivity index (χ1v) is 8.33. The number of benzene rings is 2. The number of carbonyl (C=O) groups is 2. The van der Waals surface area contributed by atoms with Gasteiger partial charge in [-0.25, -0.2) is 0 Å². The highest BCUT2D eigenvalue weighted by Gasteiger charge is 2.31. The first kappa shape index (κ1) is 18.4. The van der Waals surface area contributed by atoms with Crippen molar-refractivity contribution in [2.75, 3.05) is 12.4 Å². The quantitative estimate of drug-likeness (QED) is 0.540. The molecule has 1 aromatic heterocycles. The highest BCUT2D eigenvalue weighted by molar-refractivity contribution is 6.31. The number of Topliss-reactive ketones (excluding diaryl/α,β-unsaturated/α-hetero) is 1. The van der Waals surface area contributed by atoms with E-state index in [0.29, 0.717) is 27.4 Å². The van der Waals surface area contributed by atoms with Crippen molar-refractivity contribution < 1.29 is 14.3 Å². The summed E-state index contributed by atoms with van der Waals surface area (Å²) in [5.74, 6) is -2.43. The molecule has 1 heterocycles. The van der Waals surface area contributed by atoms with Gasteiger partial charge in [0.1, 0.15) is 11.4 Å². The number of hydrogen-bond acceptors (Lipinski definition) is 5. The van der Waals surface area contributed by atoms with Crippen molar-refractivity contribution in [1.29, 1.82) is 5.26 Å². The third kappa shape index (κ3) is 3.61. The van der Waals surface area contributed by atoms with Crippen molar-refractivity contribution in [2.24, 2.45) is 13.0 Å². The number of rotatable bonds is 5. The molecule has 1 unspecified atom stereocenters. The lowest BCUT2D eigenvalue weighted by molar-refractivity contribution is -0.117. The zero-order valence-electron chi connectivity index (χ0n) is 14.6. The van der Waals surface area contributed by atoms with E-state index in [0.717, 1.165) is 0 Å². The van der Waals surface area contributed by atoms with Gasteiger partial charge >= 0.3 is 0 Å². The van der Waals surface area contributed by atoms with Gasteiger partial charge in [0.15, 0.2) is 5.92 Å². The van der Waals surface area contributed by atoms with Crippen LogP contribution in [-0.4, -0.2) is 28.6 Å². The van der Waals surface area contributed by atoms with E-state index in [-0.39, 0.29) is 5.69 Å². The van der Waals surface area contributed by atoms with Crippen LogP contribution in [0.1, 0.15) is 10.5 Å². The smallest absolute Gasteiger partial charge is 0.249 e. The summed E-state index contributed by atoms with van der Waals surface area (Å²) in [7, 11) is 3.19. The number of nitrogens with one attached hydrogen (secondary N) is 1. The van der Waals surface area contributed by atoms with Gasteiger partial charge < -0.3 is 10.1 Å². The topological polar surface area (TPSA) is 97.0 Å². The van der Waals surface area contributed by atoms with Gasteiger partial charge in [0.2, 0.25) is 11.7 Å². The fourth-order valence-corrected chi connectivity index (χ4v) is 2.90. The van der Waals surface area contributed by atoms with Crippen LogP contribution >= 0.6 is 11.6 Å². The number of ether oxygens (including phenoxy) is 1. The number of nitrogens with zero attached hydrogens (tertiary/aromatic N) is 3. The van der Waals surface area contributed by atoms with Gasteiger partial charge in [-0.15, -0.1) is 0 Å². The summed E-state index contributed by atoms with van der Waals surface area (Å²) in [4.78, 5) is 25.4. The standard InChI is InChI=1S/C19H15ClN4O3/c1-24-16-7-6-13(27-2)9-14(16)17(23-24)18(25)15(10-21)19(26)22-12-5-3-4-11(20)8-12/h3-9,15H,1-2H3,(H,22,26). The fourth-order valence-electron chi connectivity index (χ4n) is 2.71. The van der Waals surface area contributed by atoms with Gasteiger partial charge in [0.05, 0.1) is 18.7 Å². The van der Waals surface area contributed by atoms with Crippen LogP contribution in [0.5, 0.6) is 5.75 Å². The average molecular weight is 383 g/mol. The number of amides is 1. The maximum Gasteiger partial charge on any atom is 0.249 e. The summed E-state index contributed by atoms with van der Waals surface area (Å²) in [6.45, 7) is 0. The van der Waals surface area contributed by atoms with Crippen LogP contribution in [-0.2, 0) is 11.8 Å². The number of carbonyl (C=O) groups excluding carboxylic acids is 2. The Kier molecular flexibility index (Phi) is 5.10. The second kappa shape index (κ2) is 7.48. The molecule has 0 spiro atoms. The molecule has 2 aromatic carbocycles. The fraction of sp³-hybridized carbons (Fsp3) is 0.158. The number of anilines is 1. The Hall–Kier alpha value is -3.37. The van der Waals surface area contributed by atoms with Crippen LogP contribution < -0.4 is 10.1 Å². The maximum atomic E-state index is 12.9. The minimum absolute atomic E-state index is 0.0409. The number of halogens is 1. The SMILES string of the molecule is COc1ccc2c(c1)c(C(=O)C(C#N)C(=O)Nc1cccc(Cl)c1)nn2C. The molecule has 3 aromatic rings. The van der Waals surface area contributed by atoms with Crippen LogP contribution in [0.25, 0.3) is 10.9 Å². The third-order valence-electron chi connectivity index (χ3n) is 4.04. The molecule has 8 heteroatoms. The molecule has 0 aliphatic rings. The maximum absolute atomic E-state index is 12.9.